The van der Waals surface area contributed by atoms with Gasteiger partial charge in [0.1, 0.15) is 5.75 Å². The normalized spacial score (nSPS) is 19.7. The first-order valence-electron chi connectivity index (χ1n) is 21.2. The Morgan fingerprint density at radius 3 is 1.98 bits per heavy atom. The molecule has 9 rings (SSSR count). The van der Waals surface area contributed by atoms with Crippen molar-refractivity contribution in [3.63, 3.8) is 0 Å². The molecule has 1 saturated heterocycles. The molecule has 2 aliphatic rings. The summed E-state index contributed by atoms with van der Waals surface area (Å²) in [7, 11) is -0.759. The summed E-state index contributed by atoms with van der Waals surface area (Å²) in [5.74, 6) is 0.00331. The van der Waals surface area contributed by atoms with Gasteiger partial charge in [-0.15, -0.1) is 0 Å². The molecule has 0 unspecified atom stereocenters. The fraction of sp³-hybridized carbons (Fsp3) is 0.260. The number of benzene rings is 5. The maximum Gasteiger partial charge on any atom is 0.264 e. The van der Waals surface area contributed by atoms with Gasteiger partial charge in [-0.1, -0.05) is 85.9 Å². The average molecular weight is 846 g/mol. The zero-order chi connectivity index (χ0) is 43.2. The van der Waals surface area contributed by atoms with E-state index >= 15 is 4.79 Å². The van der Waals surface area contributed by atoms with Gasteiger partial charge in [0.25, 0.3) is 5.91 Å². The highest BCUT2D eigenvalue weighted by Gasteiger charge is 2.66. The zero-order valence-electron chi connectivity index (χ0n) is 35.3. The van der Waals surface area contributed by atoms with Crippen molar-refractivity contribution in [2.45, 2.75) is 63.1 Å². The Morgan fingerprint density at radius 1 is 0.806 bits per heavy atom. The number of carbonyl (C=O) groups is 3. The lowest BCUT2D eigenvalue weighted by Crippen LogP contribution is -2.51. The Hall–Kier alpha value is -6.47. The van der Waals surface area contributed by atoms with E-state index in [9.17, 15) is 14.7 Å². The van der Waals surface area contributed by atoms with E-state index in [1.807, 2.05) is 116 Å². The highest BCUT2D eigenvalue weighted by atomic mass is 28.3. The number of methoxy groups -OCH3 is 1. The Bertz CT molecular complexity index is 2800. The summed E-state index contributed by atoms with van der Waals surface area (Å²) >= 11 is 0. The number of aromatic amines is 2. The number of nitrogens with zero attached hydrogens (tertiary/aromatic N) is 1. The van der Waals surface area contributed by atoms with Crippen molar-refractivity contribution in [2.75, 3.05) is 29.3 Å². The van der Waals surface area contributed by atoms with Gasteiger partial charge in [0.2, 0.25) is 11.8 Å². The van der Waals surface area contributed by atoms with Gasteiger partial charge in [0.05, 0.1) is 46.4 Å². The van der Waals surface area contributed by atoms with Gasteiger partial charge in [-0.25, -0.2) is 0 Å². The van der Waals surface area contributed by atoms with Crippen molar-refractivity contribution in [1.82, 2.24) is 9.97 Å². The minimum Gasteiger partial charge on any atom is -0.497 e. The number of H-pyrrole nitrogens is 2. The van der Waals surface area contributed by atoms with Gasteiger partial charge in [-0.2, -0.15) is 0 Å². The van der Waals surface area contributed by atoms with E-state index in [1.54, 1.807) is 12.0 Å². The van der Waals surface area contributed by atoms with E-state index in [2.05, 4.69) is 52.8 Å². The SMILES string of the molecule is COc1ccc([Si](C)(C)[C@H]2[C@H](CCO)O[C@@]3(C(=O)N(Cc4ccc(NC(=O)Cc5c[nH]c6ccccc56)cc4)c4ccc(NC(=O)Cc5c[nH]c6ccccc56)cc43)[C@@H]2C)cc1. The molecule has 2 aliphatic heterocycles. The lowest BCUT2D eigenvalue weighted by Gasteiger charge is -2.37. The summed E-state index contributed by atoms with van der Waals surface area (Å²) in [4.78, 5) is 50.4. The van der Waals surface area contributed by atoms with E-state index in [0.29, 0.717) is 29.0 Å². The Kier molecular flexibility index (Phi) is 10.8. The van der Waals surface area contributed by atoms with Crippen molar-refractivity contribution in [3.05, 3.63) is 150 Å². The monoisotopic (exact) mass is 845 g/mol. The molecule has 3 amide bonds. The fourth-order valence-electron chi connectivity index (χ4n) is 10.1. The average Bonchev–Trinajstić information content (AvgIpc) is 4.01. The van der Waals surface area contributed by atoms with Crippen LogP contribution < -0.4 is 25.5 Å². The standard InChI is InChI=1S/C50H51N5O6Si/c1-31-48(62(3,4)38-20-18-37(60-2)19-21-38)45(23-24-56)61-50(31)41-27-36(54-47(58)26-34-29-52-43-12-8-6-10-40(34)43)17-22-44(41)55(49(50)59)30-32-13-15-35(16-14-32)53-46(57)25-33-28-51-42-11-7-5-9-39(33)42/h5-22,27-29,31,45,48,51-52,56H,23-26,30H2,1-4H3,(H,53,57)(H,54,58)/t31-,45+,48-,50+/m1/s1. The van der Waals surface area contributed by atoms with E-state index in [-0.39, 0.29) is 55.2 Å². The van der Waals surface area contributed by atoms with Crippen LogP contribution in [0, 0.1) is 5.92 Å². The van der Waals surface area contributed by atoms with E-state index in [1.165, 1.54) is 5.19 Å². The number of para-hydroxylation sites is 2. The third kappa shape index (κ3) is 7.27. The number of carbonyl (C=O) groups excluding carboxylic acids is 3. The van der Waals surface area contributed by atoms with Gasteiger partial charge in [-0.05, 0) is 83.2 Å². The predicted octanol–water partition coefficient (Wildman–Crippen LogP) is 8.17. The van der Waals surface area contributed by atoms with Crippen molar-refractivity contribution in [1.29, 1.82) is 0 Å². The molecule has 2 aromatic heterocycles. The van der Waals surface area contributed by atoms with Crippen molar-refractivity contribution in [2.24, 2.45) is 5.92 Å². The van der Waals surface area contributed by atoms with Crippen LogP contribution in [0.1, 0.15) is 35.6 Å². The molecule has 4 atom stereocenters. The van der Waals surface area contributed by atoms with E-state index in [4.69, 9.17) is 9.47 Å². The maximum absolute atomic E-state index is 15.4. The topological polar surface area (TPSA) is 149 Å². The van der Waals surface area contributed by atoms with Crippen LogP contribution in [0.2, 0.25) is 18.6 Å². The number of ether oxygens (including phenoxy) is 2. The second kappa shape index (κ2) is 16.4. The molecule has 316 valence electrons. The lowest BCUT2D eigenvalue weighted by atomic mass is 9.82. The van der Waals surface area contributed by atoms with Crippen LogP contribution in [0.5, 0.6) is 5.75 Å². The first-order chi connectivity index (χ1) is 30.0. The molecule has 12 heteroatoms. The largest absolute Gasteiger partial charge is 0.497 e. The van der Waals surface area contributed by atoms with E-state index < -0.39 is 19.8 Å². The quantitative estimate of drug-likeness (QED) is 0.0740. The number of anilines is 3. The minimum atomic E-state index is -2.41. The smallest absolute Gasteiger partial charge is 0.264 e. The molecule has 0 aliphatic carbocycles. The Labute approximate surface area is 361 Å². The van der Waals surface area contributed by atoms with Gasteiger partial charge in [0, 0.05) is 63.7 Å². The number of fused-ring (bicyclic) bond motifs is 4. The van der Waals surface area contributed by atoms with Crippen molar-refractivity contribution < 1.29 is 29.0 Å². The second-order valence-corrected chi connectivity index (χ2v) is 21.8. The summed E-state index contributed by atoms with van der Waals surface area (Å²) in [5, 5.41) is 19.8. The maximum atomic E-state index is 15.4. The summed E-state index contributed by atoms with van der Waals surface area (Å²) < 4.78 is 12.6. The van der Waals surface area contributed by atoms with Crippen LogP contribution in [0.15, 0.2) is 128 Å². The number of aliphatic hydroxyl groups is 1. The van der Waals surface area contributed by atoms with Gasteiger partial charge in [0.15, 0.2) is 5.60 Å². The number of nitrogens with one attached hydrogen (secondary N) is 4. The lowest BCUT2D eigenvalue weighted by molar-refractivity contribution is -0.146. The van der Waals surface area contributed by atoms with Crippen LogP contribution in [-0.2, 0) is 44.1 Å². The van der Waals surface area contributed by atoms with Gasteiger partial charge in [-0.3, -0.25) is 14.4 Å². The third-order valence-corrected chi connectivity index (χ3v) is 17.5. The van der Waals surface area contributed by atoms with Gasteiger partial charge < -0.3 is 40.1 Å². The van der Waals surface area contributed by atoms with Crippen molar-refractivity contribution >= 4 is 69.9 Å². The second-order valence-electron chi connectivity index (χ2n) is 17.2. The molecule has 0 saturated carbocycles. The Morgan fingerprint density at radius 2 is 1.39 bits per heavy atom. The molecule has 5 aromatic carbocycles. The van der Waals surface area contributed by atoms with Crippen LogP contribution >= 0.6 is 0 Å². The van der Waals surface area contributed by atoms with Crippen LogP contribution in [0.4, 0.5) is 17.1 Å². The Balaban J connectivity index is 1.02. The molecular weight excluding hydrogens is 795 g/mol. The third-order valence-electron chi connectivity index (χ3n) is 13.2. The molecular formula is C50H51N5O6Si. The highest BCUT2D eigenvalue weighted by Crippen LogP contribution is 2.60. The molecule has 11 nitrogen and oxygen atoms in total. The summed E-state index contributed by atoms with van der Waals surface area (Å²) in [6.45, 7) is 6.90. The number of aromatic nitrogens is 2. The number of amides is 3. The van der Waals surface area contributed by atoms with Crippen LogP contribution in [0.25, 0.3) is 21.8 Å². The first-order valence-corrected chi connectivity index (χ1v) is 24.3. The first kappa shape index (κ1) is 40.9. The highest BCUT2D eigenvalue weighted by molar-refractivity contribution is 6.91. The molecule has 7 aromatic rings. The molecule has 62 heavy (non-hydrogen) atoms. The van der Waals surface area contributed by atoms with Gasteiger partial charge >= 0.3 is 0 Å². The fourth-order valence-corrected chi connectivity index (χ4v) is 14.2. The molecule has 1 fully saturated rings. The number of hydrogen-bond donors (Lipinski definition) is 5. The summed E-state index contributed by atoms with van der Waals surface area (Å²) in [5.41, 5.74) is 5.86. The summed E-state index contributed by atoms with van der Waals surface area (Å²) in [6.07, 6.45) is 4.12. The summed E-state index contributed by atoms with van der Waals surface area (Å²) in [6, 6.07) is 37.2. The number of rotatable bonds is 13. The minimum absolute atomic E-state index is 0.0490. The number of aliphatic hydroxyl groups excluding tert-OH is 1. The van der Waals surface area contributed by atoms with Crippen LogP contribution in [-0.4, -0.2) is 60.7 Å². The van der Waals surface area contributed by atoms with E-state index in [0.717, 1.165) is 44.2 Å². The molecule has 5 N–H and O–H groups in total. The van der Waals surface area contributed by atoms with Crippen molar-refractivity contribution in [3.8, 4) is 5.75 Å². The zero-order valence-corrected chi connectivity index (χ0v) is 36.3. The van der Waals surface area contributed by atoms with Crippen LogP contribution in [0.3, 0.4) is 0 Å². The molecule has 1 spiro atoms. The molecule has 0 bridgehead atoms. The number of hydrogen-bond acceptors (Lipinski definition) is 6. The molecule has 0 radical (unpaired) electrons. The molecule has 4 heterocycles. The predicted molar refractivity (Wildman–Crippen MR) is 247 cm³/mol.